The van der Waals surface area contributed by atoms with Crippen LogP contribution in [0.5, 0.6) is 17.2 Å². The molecule has 0 amide bonds. The quantitative estimate of drug-likeness (QED) is 0.164. The molecular formula is C26H17F3O4S. The van der Waals surface area contributed by atoms with E-state index in [1.54, 1.807) is 25.1 Å². The minimum Gasteiger partial charge on any atom is -0.497 e. The fourth-order valence-electron chi connectivity index (χ4n) is 3.46. The molecule has 1 aromatic heterocycles. The van der Waals surface area contributed by atoms with Gasteiger partial charge in [0.2, 0.25) is 5.78 Å². The van der Waals surface area contributed by atoms with Crippen LogP contribution in [0, 0.1) is 24.4 Å². The Morgan fingerprint density at radius 1 is 0.971 bits per heavy atom. The number of hydrogen-bond acceptors (Lipinski definition) is 5. The summed E-state index contributed by atoms with van der Waals surface area (Å²) in [6.45, 7) is 1.60. The third-order valence-corrected chi connectivity index (χ3v) is 6.22. The number of ether oxygens (including phenoxy) is 2. The summed E-state index contributed by atoms with van der Waals surface area (Å²) in [5.74, 6) is -3.15. The van der Waals surface area contributed by atoms with Crippen molar-refractivity contribution in [3.05, 3.63) is 93.6 Å². The Kier molecular flexibility index (Phi) is 6.51. The number of fused-ring (bicyclic) bond motifs is 1. The van der Waals surface area contributed by atoms with Gasteiger partial charge in [0.05, 0.1) is 7.11 Å². The van der Waals surface area contributed by atoms with Crippen molar-refractivity contribution in [1.29, 1.82) is 0 Å². The lowest BCUT2D eigenvalue weighted by Crippen LogP contribution is -2.04. The van der Waals surface area contributed by atoms with Crippen molar-refractivity contribution in [2.75, 3.05) is 7.11 Å². The molecule has 172 valence electrons. The van der Waals surface area contributed by atoms with Crippen LogP contribution in [0.25, 0.3) is 16.2 Å². The second-order valence-corrected chi connectivity index (χ2v) is 8.37. The largest absolute Gasteiger partial charge is 0.497 e. The van der Waals surface area contributed by atoms with Crippen LogP contribution in [0.2, 0.25) is 0 Å². The summed E-state index contributed by atoms with van der Waals surface area (Å²) < 4.78 is 54.7. The molecule has 0 radical (unpaired) electrons. The van der Waals surface area contributed by atoms with Gasteiger partial charge in [-0.3, -0.25) is 9.59 Å². The van der Waals surface area contributed by atoms with Crippen molar-refractivity contribution in [1.82, 2.24) is 0 Å². The van der Waals surface area contributed by atoms with E-state index in [-0.39, 0.29) is 21.8 Å². The third-order valence-electron chi connectivity index (χ3n) is 5.08. The van der Waals surface area contributed by atoms with E-state index in [2.05, 4.69) is 0 Å². The van der Waals surface area contributed by atoms with Crippen LogP contribution in [0.3, 0.4) is 0 Å². The Hall–Kier alpha value is -3.91. The zero-order valence-corrected chi connectivity index (χ0v) is 18.8. The molecule has 0 spiro atoms. The molecule has 0 saturated heterocycles. The van der Waals surface area contributed by atoms with Crippen molar-refractivity contribution < 1.29 is 32.2 Å². The minimum atomic E-state index is -1.00. The topological polar surface area (TPSA) is 52.6 Å². The fourth-order valence-corrected chi connectivity index (χ4v) is 4.57. The zero-order valence-electron chi connectivity index (χ0n) is 18.0. The van der Waals surface area contributed by atoms with E-state index in [1.165, 1.54) is 31.4 Å². The molecule has 4 aromatic rings. The van der Waals surface area contributed by atoms with E-state index in [0.29, 0.717) is 27.7 Å². The first-order valence-corrected chi connectivity index (χ1v) is 10.8. The number of rotatable bonds is 7. The summed E-state index contributed by atoms with van der Waals surface area (Å²) in [5, 5.41) is 0.456. The highest BCUT2D eigenvalue weighted by atomic mass is 32.1. The highest BCUT2D eigenvalue weighted by Gasteiger charge is 2.25. The predicted molar refractivity (Wildman–Crippen MR) is 124 cm³/mol. The van der Waals surface area contributed by atoms with E-state index in [0.717, 1.165) is 29.5 Å². The van der Waals surface area contributed by atoms with Crippen molar-refractivity contribution in [2.45, 2.75) is 6.92 Å². The second kappa shape index (κ2) is 9.52. The van der Waals surface area contributed by atoms with E-state index >= 15 is 0 Å². The van der Waals surface area contributed by atoms with E-state index in [4.69, 9.17) is 9.47 Å². The molecule has 34 heavy (non-hydrogen) atoms. The molecule has 0 bridgehead atoms. The first-order valence-electron chi connectivity index (χ1n) is 10.0. The summed E-state index contributed by atoms with van der Waals surface area (Å²) in [5.41, 5.74) is 0.780. The Balaban J connectivity index is 1.87. The van der Waals surface area contributed by atoms with E-state index in [9.17, 15) is 22.8 Å². The average molecular weight is 482 g/mol. The van der Waals surface area contributed by atoms with Crippen LogP contribution in [0.1, 0.15) is 26.4 Å². The van der Waals surface area contributed by atoms with Crippen molar-refractivity contribution >= 4 is 39.6 Å². The number of allylic oxidation sites excluding steroid dienone is 1. The summed E-state index contributed by atoms with van der Waals surface area (Å²) in [6, 6.07) is 10.7. The van der Waals surface area contributed by atoms with Gasteiger partial charge in [-0.25, -0.2) is 13.2 Å². The maximum Gasteiger partial charge on any atom is 0.207 e. The number of aryl methyl sites for hydroxylation is 1. The van der Waals surface area contributed by atoms with Gasteiger partial charge in [0.15, 0.2) is 23.1 Å². The highest BCUT2D eigenvalue weighted by molar-refractivity contribution is 7.21. The highest BCUT2D eigenvalue weighted by Crippen LogP contribution is 2.44. The maximum absolute atomic E-state index is 14.8. The smallest absolute Gasteiger partial charge is 0.207 e. The molecule has 0 aliphatic rings. The number of ketones is 1. The van der Waals surface area contributed by atoms with Crippen LogP contribution in [-0.4, -0.2) is 19.2 Å². The van der Waals surface area contributed by atoms with E-state index < -0.39 is 29.0 Å². The number of thiophene rings is 1. The predicted octanol–water partition coefficient (Wildman–Crippen LogP) is 6.87. The third kappa shape index (κ3) is 4.45. The normalized spacial score (nSPS) is 11.2. The van der Waals surface area contributed by atoms with Crippen LogP contribution in [0.15, 0.2) is 54.6 Å². The molecule has 0 aliphatic heterocycles. The number of aldehydes is 1. The average Bonchev–Trinajstić information content (AvgIpc) is 3.17. The Bertz CT molecular complexity index is 1430. The van der Waals surface area contributed by atoms with Crippen LogP contribution >= 0.6 is 11.3 Å². The van der Waals surface area contributed by atoms with Crippen molar-refractivity contribution in [3.63, 3.8) is 0 Å². The standard InChI is InChI=1S/C26H17F3O4S/c1-14-10-16(27)5-7-18(14)23(31)26-24(19-8-6-17(32-2)13-22(19)34-26)33-25-20(28)11-15(4-3-9-30)12-21(25)29/h3-13H,1-2H3/b4-3+. The number of hydrogen-bond donors (Lipinski definition) is 0. The Morgan fingerprint density at radius 3 is 2.35 bits per heavy atom. The van der Waals surface area contributed by atoms with Gasteiger partial charge in [0, 0.05) is 15.6 Å². The van der Waals surface area contributed by atoms with Gasteiger partial charge in [-0.15, -0.1) is 11.3 Å². The Labute approximate surface area is 196 Å². The van der Waals surface area contributed by atoms with Crippen LogP contribution in [0.4, 0.5) is 13.2 Å². The zero-order chi connectivity index (χ0) is 24.4. The van der Waals surface area contributed by atoms with Gasteiger partial charge in [0.1, 0.15) is 22.7 Å². The molecule has 8 heteroatoms. The number of methoxy groups -OCH3 is 1. The number of benzene rings is 3. The molecule has 4 nitrogen and oxygen atoms in total. The molecule has 0 saturated carbocycles. The number of halogens is 3. The fraction of sp³-hybridized carbons (Fsp3) is 0.0769. The monoisotopic (exact) mass is 482 g/mol. The first-order chi connectivity index (χ1) is 16.3. The summed E-state index contributed by atoms with van der Waals surface area (Å²) in [6.07, 6.45) is 2.85. The minimum absolute atomic E-state index is 0.0228. The summed E-state index contributed by atoms with van der Waals surface area (Å²) >= 11 is 1.07. The van der Waals surface area contributed by atoms with Crippen molar-refractivity contribution in [2.24, 2.45) is 0 Å². The van der Waals surface area contributed by atoms with Crippen LogP contribution < -0.4 is 9.47 Å². The van der Waals surface area contributed by atoms with Gasteiger partial charge in [0.25, 0.3) is 0 Å². The molecule has 0 N–H and O–H groups in total. The number of carbonyl (C=O) groups is 2. The molecule has 3 aromatic carbocycles. The van der Waals surface area contributed by atoms with Gasteiger partial charge in [-0.2, -0.15) is 0 Å². The summed E-state index contributed by atoms with van der Waals surface area (Å²) in [7, 11) is 1.49. The van der Waals surface area contributed by atoms with Crippen LogP contribution in [-0.2, 0) is 4.79 Å². The summed E-state index contributed by atoms with van der Waals surface area (Å²) in [4.78, 5) is 24.0. The maximum atomic E-state index is 14.8. The lowest BCUT2D eigenvalue weighted by Gasteiger charge is -2.11. The molecular weight excluding hydrogens is 465 g/mol. The lowest BCUT2D eigenvalue weighted by molar-refractivity contribution is -0.104. The van der Waals surface area contributed by atoms with Gasteiger partial charge in [-0.1, -0.05) is 6.08 Å². The van der Waals surface area contributed by atoms with Gasteiger partial charge >= 0.3 is 0 Å². The first kappa shape index (κ1) is 23.3. The second-order valence-electron chi connectivity index (χ2n) is 7.32. The molecule has 0 aliphatic carbocycles. The Morgan fingerprint density at radius 2 is 1.71 bits per heavy atom. The molecule has 0 atom stereocenters. The van der Waals surface area contributed by atoms with E-state index in [1.807, 2.05) is 0 Å². The van der Waals surface area contributed by atoms with Gasteiger partial charge in [-0.05, 0) is 72.7 Å². The number of carbonyl (C=O) groups excluding carboxylic acids is 2. The lowest BCUT2D eigenvalue weighted by atomic mass is 10.0. The molecule has 4 rings (SSSR count). The van der Waals surface area contributed by atoms with Gasteiger partial charge < -0.3 is 9.47 Å². The molecule has 0 fully saturated rings. The molecule has 0 unspecified atom stereocenters. The molecule has 1 heterocycles. The van der Waals surface area contributed by atoms with Crippen molar-refractivity contribution in [3.8, 4) is 17.2 Å². The SMILES string of the molecule is COc1ccc2c(Oc3c(F)cc(/C=C/C=O)cc3F)c(C(=O)c3ccc(F)cc3C)sc2c1.